The van der Waals surface area contributed by atoms with E-state index in [2.05, 4.69) is 10.6 Å². The fourth-order valence-electron chi connectivity index (χ4n) is 4.49. The van der Waals surface area contributed by atoms with E-state index < -0.39 is 0 Å². The van der Waals surface area contributed by atoms with Gasteiger partial charge in [0.25, 0.3) is 5.91 Å². The number of ether oxygens (including phenoxy) is 1. The molecule has 140 valence electrons. The molecule has 1 spiro atoms. The van der Waals surface area contributed by atoms with E-state index in [1.54, 1.807) is 4.90 Å². The molecule has 2 saturated heterocycles. The van der Waals surface area contributed by atoms with Gasteiger partial charge < -0.3 is 15.4 Å². The monoisotopic (exact) mass is 357 g/mol. The third-order valence-corrected chi connectivity index (χ3v) is 5.93. The summed E-state index contributed by atoms with van der Waals surface area (Å²) in [5, 5.41) is 5.94. The SMILES string of the molecule is Cc1ccc(C(=O)N[C@H]2COC3(CCCCC3)C2)cc1N1CCNC1=O. The molecular formula is C20H27N3O3. The molecular weight excluding hydrogens is 330 g/mol. The first-order valence-corrected chi connectivity index (χ1v) is 9.67. The number of benzene rings is 1. The number of urea groups is 1. The van der Waals surface area contributed by atoms with E-state index in [4.69, 9.17) is 4.74 Å². The van der Waals surface area contributed by atoms with Crippen LogP contribution in [0.25, 0.3) is 0 Å². The van der Waals surface area contributed by atoms with Gasteiger partial charge in [-0.3, -0.25) is 9.69 Å². The van der Waals surface area contributed by atoms with Crippen LogP contribution in [0.5, 0.6) is 0 Å². The topological polar surface area (TPSA) is 70.7 Å². The lowest BCUT2D eigenvalue weighted by Gasteiger charge is -2.32. The van der Waals surface area contributed by atoms with Gasteiger partial charge >= 0.3 is 6.03 Å². The van der Waals surface area contributed by atoms with Crippen molar-refractivity contribution in [3.63, 3.8) is 0 Å². The maximum absolute atomic E-state index is 12.7. The predicted octanol–water partition coefficient (Wildman–Crippen LogP) is 2.75. The summed E-state index contributed by atoms with van der Waals surface area (Å²) in [5.74, 6) is -0.0904. The van der Waals surface area contributed by atoms with Gasteiger partial charge in [0, 0.05) is 24.3 Å². The molecule has 1 aromatic carbocycles. The number of carbonyl (C=O) groups is 2. The molecule has 1 atom stereocenters. The van der Waals surface area contributed by atoms with Gasteiger partial charge in [0.1, 0.15) is 0 Å². The van der Waals surface area contributed by atoms with Crippen molar-refractivity contribution in [1.29, 1.82) is 0 Å². The average molecular weight is 357 g/mol. The van der Waals surface area contributed by atoms with E-state index in [-0.39, 0.29) is 23.6 Å². The van der Waals surface area contributed by atoms with Crippen LogP contribution in [0.4, 0.5) is 10.5 Å². The Morgan fingerprint density at radius 2 is 2.12 bits per heavy atom. The summed E-state index contributed by atoms with van der Waals surface area (Å²) in [6, 6.07) is 5.52. The Kier molecular flexibility index (Phi) is 4.61. The number of carbonyl (C=O) groups excluding carboxylic acids is 2. The number of nitrogens with zero attached hydrogens (tertiary/aromatic N) is 1. The van der Waals surface area contributed by atoms with Gasteiger partial charge in [0.15, 0.2) is 0 Å². The number of anilines is 1. The van der Waals surface area contributed by atoms with Crippen molar-refractivity contribution in [2.45, 2.75) is 57.1 Å². The Labute approximate surface area is 154 Å². The zero-order chi connectivity index (χ0) is 18.1. The van der Waals surface area contributed by atoms with E-state index in [9.17, 15) is 9.59 Å². The molecule has 2 aliphatic heterocycles. The Hall–Kier alpha value is -2.08. The lowest BCUT2D eigenvalue weighted by atomic mass is 9.82. The number of hydrogen-bond donors (Lipinski definition) is 2. The highest BCUT2D eigenvalue weighted by Gasteiger charge is 2.41. The number of nitrogens with one attached hydrogen (secondary N) is 2. The summed E-state index contributed by atoms with van der Waals surface area (Å²) < 4.78 is 6.09. The van der Waals surface area contributed by atoms with E-state index >= 15 is 0 Å². The quantitative estimate of drug-likeness (QED) is 0.874. The summed E-state index contributed by atoms with van der Waals surface area (Å²) in [5.41, 5.74) is 2.38. The maximum atomic E-state index is 12.7. The van der Waals surface area contributed by atoms with Crippen LogP contribution in [0.1, 0.15) is 54.4 Å². The zero-order valence-corrected chi connectivity index (χ0v) is 15.3. The molecule has 4 rings (SSSR count). The van der Waals surface area contributed by atoms with Crippen LogP contribution in [0.15, 0.2) is 18.2 Å². The standard InChI is InChI=1S/C20H27N3O3/c1-14-5-6-15(11-17(14)23-10-9-21-19(23)25)18(24)22-16-12-20(26-13-16)7-3-2-4-8-20/h5-6,11,16H,2-4,7-10,12-13H2,1H3,(H,21,25)(H,22,24)/t16-/m1/s1. The van der Waals surface area contributed by atoms with Gasteiger partial charge in [-0.1, -0.05) is 25.3 Å². The van der Waals surface area contributed by atoms with Crippen LogP contribution in [-0.2, 0) is 4.74 Å². The van der Waals surface area contributed by atoms with Crippen LogP contribution in [0.3, 0.4) is 0 Å². The summed E-state index contributed by atoms with van der Waals surface area (Å²) in [6.45, 7) is 3.82. The third-order valence-electron chi connectivity index (χ3n) is 5.93. The fourth-order valence-corrected chi connectivity index (χ4v) is 4.49. The Morgan fingerprint density at radius 3 is 2.85 bits per heavy atom. The Balaban J connectivity index is 1.44. The molecule has 1 aromatic rings. The minimum absolute atomic E-state index is 0.0116. The second-order valence-electron chi connectivity index (χ2n) is 7.81. The first kappa shape index (κ1) is 17.3. The van der Waals surface area contributed by atoms with Crippen LogP contribution in [0.2, 0.25) is 0 Å². The van der Waals surface area contributed by atoms with E-state index in [1.807, 2.05) is 25.1 Å². The third kappa shape index (κ3) is 3.30. The Morgan fingerprint density at radius 1 is 1.31 bits per heavy atom. The smallest absolute Gasteiger partial charge is 0.322 e. The number of amides is 3. The minimum Gasteiger partial charge on any atom is -0.373 e. The maximum Gasteiger partial charge on any atom is 0.322 e. The molecule has 0 radical (unpaired) electrons. The normalized spacial score (nSPS) is 24.7. The number of rotatable bonds is 3. The zero-order valence-electron chi connectivity index (χ0n) is 15.3. The van der Waals surface area contributed by atoms with Gasteiger partial charge in [-0.25, -0.2) is 4.79 Å². The second-order valence-corrected chi connectivity index (χ2v) is 7.81. The van der Waals surface area contributed by atoms with E-state index in [0.29, 0.717) is 25.3 Å². The number of hydrogen-bond acceptors (Lipinski definition) is 3. The molecule has 26 heavy (non-hydrogen) atoms. The molecule has 0 unspecified atom stereocenters. The van der Waals surface area contributed by atoms with Crippen molar-refractivity contribution in [3.05, 3.63) is 29.3 Å². The molecule has 2 heterocycles. The van der Waals surface area contributed by atoms with E-state index in [1.165, 1.54) is 19.3 Å². The second kappa shape index (κ2) is 6.91. The van der Waals surface area contributed by atoms with Crippen molar-refractivity contribution in [1.82, 2.24) is 10.6 Å². The molecule has 0 aromatic heterocycles. The van der Waals surface area contributed by atoms with Crippen molar-refractivity contribution in [2.24, 2.45) is 0 Å². The molecule has 0 bridgehead atoms. The molecule has 3 fully saturated rings. The van der Waals surface area contributed by atoms with Gasteiger partial charge in [0.05, 0.1) is 18.2 Å². The highest BCUT2D eigenvalue weighted by molar-refractivity contribution is 5.99. The minimum atomic E-state index is -0.103. The molecule has 1 saturated carbocycles. The average Bonchev–Trinajstić information content (AvgIpc) is 3.22. The first-order valence-electron chi connectivity index (χ1n) is 9.67. The van der Waals surface area contributed by atoms with Crippen LogP contribution in [0, 0.1) is 6.92 Å². The van der Waals surface area contributed by atoms with Gasteiger partial charge in [-0.05, 0) is 43.9 Å². The number of aryl methyl sites for hydroxylation is 1. The summed E-state index contributed by atoms with van der Waals surface area (Å²) in [4.78, 5) is 26.4. The lowest BCUT2D eigenvalue weighted by molar-refractivity contribution is -0.0246. The van der Waals surface area contributed by atoms with Crippen LogP contribution < -0.4 is 15.5 Å². The molecule has 6 nitrogen and oxygen atoms in total. The summed E-state index contributed by atoms with van der Waals surface area (Å²) >= 11 is 0. The largest absolute Gasteiger partial charge is 0.373 e. The lowest BCUT2D eigenvalue weighted by Crippen LogP contribution is -2.37. The molecule has 6 heteroatoms. The van der Waals surface area contributed by atoms with E-state index in [0.717, 1.165) is 30.5 Å². The van der Waals surface area contributed by atoms with Crippen LogP contribution in [-0.4, -0.2) is 43.3 Å². The fraction of sp³-hybridized carbons (Fsp3) is 0.600. The molecule has 1 aliphatic carbocycles. The van der Waals surface area contributed by atoms with Crippen molar-refractivity contribution >= 4 is 17.6 Å². The Bertz CT molecular complexity index is 712. The predicted molar refractivity (Wildman–Crippen MR) is 99.6 cm³/mol. The highest BCUT2D eigenvalue weighted by Crippen LogP contribution is 2.39. The summed E-state index contributed by atoms with van der Waals surface area (Å²) in [6.07, 6.45) is 6.86. The van der Waals surface area contributed by atoms with Gasteiger partial charge in [0.2, 0.25) is 0 Å². The van der Waals surface area contributed by atoms with Crippen molar-refractivity contribution < 1.29 is 14.3 Å². The highest BCUT2D eigenvalue weighted by atomic mass is 16.5. The molecule has 2 N–H and O–H groups in total. The van der Waals surface area contributed by atoms with Crippen molar-refractivity contribution in [3.8, 4) is 0 Å². The van der Waals surface area contributed by atoms with Crippen LogP contribution >= 0.6 is 0 Å². The van der Waals surface area contributed by atoms with Gasteiger partial charge in [-0.2, -0.15) is 0 Å². The van der Waals surface area contributed by atoms with Gasteiger partial charge in [-0.15, -0.1) is 0 Å². The molecule has 3 aliphatic rings. The molecule has 3 amide bonds. The summed E-state index contributed by atoms with van der Waals surface area (Å²) in [7, 11) is 0. The van der Waals surface area contributed by atoms with Crippen molar-refractivity contribution in [2.75, 3.05) is 24.6 Å². The first-order chi connectivity index (χ1) is 12.6.